The molecule has 3 heterocycles. The van der Waals surface area contributed by atoms with Gasteiger partial charge in [-0.2, -0.15) is 0 Å². The van der Waals surface area contributed by atoms with Crippen molar-refractivity contribution < 1.29 is 0 Å². The van der Waals surface area contributed by atoms with Crippen molar-refractivity contribution in [3.05, 3.63) is 103 Å². The van der Waals surface area contributed by atoms with E-state index >= 15 is 0 Å². The van der Waals surface area contributed by atoms with Crippen LogP contribution in [0.5, 0.6) is 0 Å². The minimum absolute atomic E-state index is 0.518. The number of likely N-dealkylation sites (N-methyl/N-ethyl adjacent to an activating group) is 1. The molecule has 41 heavy (non-hydrogen) atoms. The lowest BCUT2D eigenvalue weighted by Crippen LogP contribution is -2.44. The van der Waals surface area contributed by atoms with Crippen molar-refractivity contribution in [2.75, 3.05) is 55.8 Å². The van der Waals surface area contributed by atoms with Crippen molar-refractivity contribution in [2.45, 2.75) is 34.1 Å². The molecule has 2 aromatic heterocycles. The van der Waals surface area contributed by atoms with E-state index < -0.39 is 0 Å². The van der Waals surface area contributed by atoms with Gasteiger partial charge < -0.3 is 25.8 Å². The van der Waals surface area contributed by atoms with Crippen molar-refractivity contribution in [3.63, 3.8) is 0 Å². The van der Waals surface area contributed by atoms with Gasteiger partial charge in [0, 0.05) is 90.7 Å². The van der Waals surface area contributed by atoms with Gasteiger partial charge in [-0.15, -0.1) is 0 Å². The lowest BCUT2D eigenvalue weighted by Gasteiger charge is -2.35. The zero-order chi connectivity index (χ0) is 30.1. The first-order chi connectivity index (χ1) is 19.6. The zero-order valence-corrected chi connectivity index (χ0v) is 25.8. The lowest BCUT2D eigenvalue weighted by molar-refractivity contribution is 0.312. The molecule has 1 aliphatic rings. The molecular formula is C34H47N7. The molecule has 3 N–H and O–H groups in total. The number of rotatable bonds is 13. The van der Waals surface area contributed by atoms with Crippen LogP contribution in [0.3, 0.4) is 0 Å². The summed E-state index contributed by atoms with van der Waals surface area (Å²) in [6, 6.07) is 4.18. The normalized spacial score (nSPS) is 14.6. The number of hydrogen-bond acceptors (Lipinski definition) is 7. The SMILES string of the molecule is C=C/C(=C\C(=C/C)c1cnc(NC)c(C(=C)C(=C)Nc2nccc(N3CCN(C)CC3)c2C)c1)NC(=C)CC(C)C. The van der Waals surface area contributed by atoms with E-state index in [0.29, 0.717) is 11.6 Å². The van der Waals surface area contributed by atoms with E-state index in [9.17, 15) is 0 Å². The minimum Gasteiger partial charge on any atom is -0.373 e. The summed E-state index contributed by atoms with van der Waals surface area (Å²) in [6.07, 6.45) is 10.5. The second-order valence-corrected chi connectivity index (χ2v) is 10.9. The van der Waals surface area contributed by atoms with Crippen LogP contribution in [0.15, 0.2) is 86.2 Å². The van der Waals surface area contributed by atoms with E-state index in [4.69, 9.17) is 4.98 Å². The molecule has 0 amide bonds. The molecule has 7 nitrogen and oxygen atoms in total. The van der Waals surface area contributed by atoms with E-state index in [0.717, 1.165) is 83.5 Å². The third-order valence-electron chi connectivity index (χ3n) is 7.25. The fourth-order valence-electron chi connectivity index (χ4n) is 4.87. The van der Waals surface area contributed by atoms with Crippen LogP contribution in [-0.2, 0) is 0 Å². The van der Waals surface area contributed by atoms with E-state index in [1.54, 1.807) is 0 Å². The summed E-state index contributed by atoms with van der Waals surface area (Å²) in [6.45, 7) is 29.4. The van der Waals surface area contributed by atoms with Crippen molar-refractivity contribution in [1.82, 2.24) is 20.2 Å². The van der Waals surface area contributed by atoms with Crippen LogP contribution in [0, 0.1) is 12.8 Å². The van der Waals surface area contributed by atoms with Crippen molar-refractivity contribution >= 4 is 28.5 Å². The van der Waals surface area contributed by atoms with Crippen molar-refractivity contribution in [2.24, 2.45) is 5.92 Å². The summed E-state index contributed by atoms with van der Waals surface area (Å²) in [5, 5.41) is 10.0. The quantitative estimate of drug-likeness (QED) is 0.235. The Bertz CT molecular complexity index is 1340. The summed E-state index contributed by atoms with van der Waals surface area (Å²) in [5.74, 6) is 2.02. The fraction of sp³-hybridized carbons (Fsp3) is 0.353. The van der Waals surface area contributed by atoms with Crippen LogP contribution in [-0.4, -0.2) is 55.1 Å². The van der Waals surface area contributed by atoms with Gasteiger partial charge in [-0.1, -0.05) is 46.2 Å². The molecule has 1 fully saturated rings. The number of aromatic nitrogens is 2. The van der Waals surface area contributed by atoms with Crippen molar-refractivity contribution in [1.29, 1.82) is 0 Å². The van der Waals surface area contributed by atoms with E-state index in [1.165, 1.54) is 5.69 Å². The highest BCUT2D eigenvalue weighted by Crippen LogP contribution is 2.32. The highest BCUT2D eigenvalue weighted by Gasteiger charge is 2.19. The predicted molar refractivity (Wildman–Crippen MR) is 178 cm³/mol. The molecule has 0 aromatic carbocycles. The van der Waals surface area contributed by atoms with Crippen LogP contribution >= 0.6 is 0 Å². The standard InChI is InChI=1S/C34H47N7/c1-11-28(20-30(12-2)38-24(5)19-23(3)4)29-21-31(34(35-9)37-22-29)25(6)27(8)39-33-26(7)32(13-14-36-33)41-17-15-40(10)16-18-41/h11-14,20-23,38H,2,5-6,8,15-19H2,1,3-4,7,9-10H3,(H,35,37)(H,36,39)/b28-11+,30-20+. The number of hydrogen-bond donors (Lipinski definition) is 3. The number of nitrogens with zero attached hydrogens (tertiary/aromatic N) is 4. The smallest absolute Gasteiger partial charge is 0.135 e. The second-order valence-electron chi connectivity index (χ2n) is 10.9. The first kappa shape index (κ1) is 31.4. The van der Waals surface area contributed by atoms with Gasteiger partial charge in [0.05, 0.1) is 0 Å². The first-order valence-electron chi connectivity index (χ1n) is 14.3. The first-order valence-corrected chi connectivity index (χ1v) is 14.3. The number of anilines is 3. The molecule has 0 unspecified atom stereocenters. The molecule has 0 bridgehead atoms. The molecule has 218 valence electrons. The molecule has 1 saturated heterocycles. The van der Waals surface area contributed by atoms with Gasteiger partial charge in [-0.05, 0) is 63.1 Å². The topological polar surface area (TPSA) is 68.4 Å². The molecular weight excluding hydrogens is 506 g/mol. The van der Waals surface area contributed by atoms with Gasteiger partial charge in [0.25, 0.3) is 0 Å². The Labute approximate surface area is 247 Å². The maximum Gasteiger partial charge on any atom is 0.135 e. The summed E-state index contributed by atoms with van der Waals surface area (Å²) in [5.41, 5.74) is 8.36. The van der Waals surface area contributed by atoms with Crippen LogP contribution in [0.4, 0.5) is 17.3 Å². The number of piperazine rings is 1. The number of allylic oxidation sites excluding steroid dienone is 6. The number of nitrogens with one attached hydrogen (secondary N) is 3. The number of pyridine rings is 2. The Morgan fingerprint density at radius 3 is 2.41 bits per heavy atom. The summed E-state index contributed by atoms with van der Waals surface area (Å²) in [4.78, 5) is 14.1. The van der Waals surface area contributed by atoms with Crippen LogP contribution in [0.1, 0.15) is 43.9 Å². The molecule has 0 saturated carbocycles. The van der Waals surface area contributed by atoms with Crippen molar-refractivity contribution in [3.8, 4) is 0 Å². The van der Waals surface area contributed by atoms with Crippen LogP contribution in [0.2, 0.25) is 0 Å². The molecule has 3 rings (SSSR count). The van der Waals surface area contributed by atoms with Crippen LogP contribution < -0.4 is 20.9 Å². The maximum absolute atomic E-state index is 4.71. The monoisotopic (exact) mass is 553 g/mol. The predicted octanol–water partition coefficient (Wildman–Crippen LogP) is 6.84. The van der Waals surface area contributed by atoms with Gasteiger partial charge in [-0.3, -0.25) is 0 Å². The summed E-state index contributed by atoms with van der Waals surface area (Å²) < 4.78 is 0. The maximum atomic E-state index is 4.71. The highest BCUT2D eigenvalue weighted by molar-refractivity contribution is 5.88. The highest BCUT2D eigenvalue weighted by atomic mass is 15.2. The zero-order valence-electron chi connectivity index (χ0n) is 25.8. The Morgan fingerprint density at radius 2 is 1.80 bits per heavy atom. The van der Waals surface area contributed by atoms with E-state index in [2.05, 4.69) is 109 Å². The average Bonchev–Trinajstić information content (AvgIpc) is 2.95. The Kier molecular flexibility index (Phi) is 11.1. The Morgan fingerprint density at radius 1 is 1.10 bits per heavy atom. The molecule has 0 spiro atoms. The molecule has 2 aromatic rings. The fourth-order valence-corrected chi connectivity index (χ4v) is 4.87. The third-order valence-corrected chi connectivity index (χ3v) is 7.25. The summed E-state index contributed by atoms with van der Waals surface area (Å²) in [7, 11) is 4.02. The third kappa shape index (κ3) is 8.21. The lowest BCUT2D eigenvalue weighted by atomic mass is 9.99. The van der Waals surface area contributed by atoms with Gasteiger partial charge in [0.1, 0.15) is 11.6 Å². The second kappa shape index (κ2) is 14.5. The molecule has 1 aliphatic heterocycles. The largest absolute Gasteiger partial charge is 0.373 e. The molecule has 0 atom stereocenters. The van der Waals surface area contributed by atoms with E-state index in [1.807, 2.05) is 32.4 Å². The van der Waals surface area contributed by atoms with Gasteiger partial charge in [0.2, 0.25) is 0 Å². The van der Waals surface area contributed by atoms with Gasteiger partial charge in [0.15, 0.2) is 0 Å². The summed E-state index contributed by atoms with van der Waals surface area (Å²) >= 11 is 0. The average molecular weight is 554 g/mol. The van der Waals surface area contributed by atoms with E-state index in [-0.39, 0.29) is 0 Å². The minimum atomic E-state index is 0.518. The molecule has 0 radical (unpaired) electrons. The van der Waals surface area contributed by atoms with Crippen LogP contribution in [0.25, 0.3) is 11.1 Å². The Hall–Kier alpha value is -4.10. The van der Waals surface area contributed by atoms with Gasteiger partial charge in [-0.25, -0.2) is 9.97 Å². The molecule has 0 aliphatic carbocycles. The molecule has 7 heteroatoms. The Balaban J connectivity index is 1.85. The van der Waals surface area contributed by atoms with Gasteiger partial charge >= 0.3 is 0 Å².